The summed E-state index contributed by atoms with van der Waals surface area (Å²) in [6.45, 7) is 0. The Morgan fingerprint density at radius 1 is 0.392 bits per heavy atom. The number of benzene rings is 8. The summed E-state index contributed by atoms with van der Waals surface area (Å²) in [5.74, 6) is 0. The van der Waals surface area contributed by atoms with Crippen molar-refractivity contribution in [1.82, 2.24) is 0 Å². The van der Waals surface area contributed by atoms with Crippen molar-refractivity contribution in [2.24, 2.45) is 0 Å². The smallest absolute Gasteiger partial charge is 0.145 e. The number of hydrogen-bond donors (Lipinski definition) is 0. The van der Waals surface area contributed by atoms with E-state index in [-0.39, 0.29) is 0 Å². The third kappa shape index (κ3) is 5.10. The Kier molecular flexibility index (Phi) is 7.04. The van der Waals surface area contributed by atoms with Gasteiger partial charge in [-0.15, -0.1) is 11.3 Å². The van der Waals surface area contributed by atoms with Gasteiger partial charge in [-0.2, -0.15) is 0 Å². The summed E-state index contributed by atoms with van der Waals surface area (Å²) in [5, 5.41) is 4.73. The molecule has 0 amide bonds. The second-order valence-electron chi connectivity index (χ2n) is 12.9. The summed E-state index contributed by atoms with van der Waals surface area (Å²) in [6.07, 6.45) is 0. The highest BCUT2D eigenvalue weighted by Crippen LogP contribution is 2.47. The van der Waals surface area contributed by atoms with Crippen molar-refractivity contribution in [3.8, 4) is 33.4 Å². The van der Waals surface area contributed by atoms with Crippen molar-refractivity contribution in [2.75, 3.05) is 4.90 Å². The average Bonchev–Trinajstić information content (AvgIpc) is 3.78. The van der Waals surface area contributed by atoms with Crippen molar-refractivity contribution in [1.29, 1.82) is 0 Å². The summed E-state index contributed by atoms with van der Waals surface area (Å²) < 4.78 is 9.28. The lowest BCUT2D eigenvalue weighted by atomic mass is 9.99. The first-order chi connectivity index (χ1) is 25.3. The van der Waals surface area contributed by atoms with E-state index in [1.807, 2.05) is 17.4 Å². The maximum atomic E-state index is 6.72. The largest absolute Gasteiger partial charge is 0.455 e. The monoisotopic (exact) mass is 669 g/mol. The van der Waals surface area contributed by atoms with Crippen LogP contribution < -0.4 is 4.90 Å². The molecule has 2 heterocycles. The van der Waals surface area contributed by atoms with Crippen molar-refractivity contribution in [3.05, 3.63) is 188 Å². The second kappa shape index (κ2) is 12.2. The fourth-order valence-electron chi connectivity index (χ4n) is 7.42. The molecule has 0 aliphatic carbocycles. The Bertz CT molecular complexity index is 2840. The van der Waals surface area contributed by atoms with Gasteiger partial charge in [-0.05, 0) is 82.4 Å². The number of nitrogens with zero attached hydrogens (tertiary/aromatic N) is 1. The Hall–Kier alpha value is -6.42. The van der Waals surface area contributed by atoms with Gasteiger partial charge in [-0.1, -0.05) is 133 Å². The molecule has 2 aromatic heterocycles. The van der Waals surface area contributed by atoms with E-state index < -0.39 is 0 Å². The molecule has 2 nitrogen and oxygen atoms in total. The van der Waals surface area contributed by atoms with Crippen LogP contribution in [0.3, 0.4) is 0 Å². The molecule has 8 aromatic carbocycles. The molecular weight excluding hydrogens is 639 g/mol. The number of anilines is 3. The van der Waals surface area contributed by atoms with Crippen LogP contribution in [0.25, 0.3) is 75.5 Å². The van der Waals surface area contributed by atoms with E-state index in [1.165, 1.54) is 42.4 Å². The molecule has 0 bridgehead atoms. The summed E-state index contributed by atoms with van der Waals surface area (Å²) in [6, 6.07) is 67.3. The number of fused-ring (bicyclic) bond motifs is 6. The van der Waals surface area contributed by atoms with Crippen molar-refractivity contribution in [3.63, 3.8) is 0 Å². The van der Waals surface area contributed by atoms with Gasteiger partial charge in [0, 0.05) is 42.5 Å². The minimum absolute atomic E-state index is 0.880. The molecule has 10 aromatic rings. The van der Waals surface area contributed by atoms with Crippen LogP contribution in [0.4, 0.5) is 17.1 Å². The van der Waals surface area contributed by atoms with Crippen LogP contribution in [0, 0.1) is 0 Å². The molecule has 240 valence electrons. The van der Waals surface area contributed by atoms with Gasteiger partial charge in [0.15, 0.2) is 0 Å². The summed E-state index contributed by atoms with van der Waals surface area (Å²) in [5.41, 5.74) is 12.1. The SMILES string of the molecule is c1ccc(-c2ccc(N(c3ccc4sc5cc(-c6ccccc6)ccc5c4c3)c3ccc(-c4ccccc4)c4oc5ccccc5c34)cc2)cc1. The fourth-order valence-corrected chi connectivity index (χ4v) is 8.54. The van der Waals surface area contributed by atoms with E-state index in [0.717, 1.165) is 50.1 Å². The second-order valence-corrected chi connectivity index (χ2v) is 14.0. The van der Waals surface area contributed by atoms with E-state index in [2.05, 4.69) is 187 Å². The van der Waals surface area contributed by atoms with Crippen LogP contribution in [0.2, 0.25) is 0 Å². The fraction of sp³-hybridized carbons (Fsp3) is 0. The Morgan fingerprint density at radius 2 is 1.00 bits per heavy atom. The summed E-state index contributed by atoms with van der Waals surface area (Å²) in [7, 11) is 0. The number of furan rings is 1. The first-order valence-corrected chi connectivity index (χ1v) is 18.1. The molecule has 3 heteroatoms. The lowest BCUT2D eigenvalue weighted by Gasteiger charge is -2.27. The van der Waals surface area contributed by atoms with Gasteiger partial charge in [0.1, 0.15) is 11.2 Å². The highest BCUT2D eigenvalue weighted by atomic mass is 32.1. The molecule has 0 aliphatic rings. The van der Waals surface area contributed by atoms with Crippen molar-refractivity contribution < 1.29 is 4.42 Å². The van der Waals surface area contributed by atoms with Gasteiger partial charge < -0.3 is 9.32 Å². The first-order valence-electron chi connectivity index (χ1n) is 17.3. The summed E-state index contributed by atoms with van der Waals surface area (Å²) >= 11 is 1.85. The van der Waals surface area contributed by atoms with Gasteiger partial charge in [0.2, 0.25) is 0 Å². The van der Waals surface area contributed by atoms with Gasteiger partial charge in [-0.3, -0.25) is 0 Å². The molecule has 0 saturated heterocycles. The maximum absolute atomic E-state index is 6.72. The van der Waals surface area contributed by atoms with Crippen LogP contribution >= 0.6 is 11.3 Å². The molecule has 0 unspecified atom stereocenters. The average molecular weight is 670 g/mol. The van der Waals surface area contributed by atoms with Gasteiger partial charge in [-0.25, -0.2) is 0 Å². The number of para-hydroxylation sites is 1. The van der Waals surface area contributed by atoms with Crippen LogP contribution in [0.15, 0.2) is 192 Å². The van der Waals surface area contributed by atoms with Gasteiger partial charge >= 0.3 is 0 Å². The number of rotatable bonds is 6. The highest BCUT2D eigenvalue weighted by Gasteiger charge is 2.23. The van der Waals surface area contributed by atoms with Gasteiger partial charge in [0.25, 0.3) is 0 Å². The molecule has 0 saturated carbocycles. The zero-order valence-corrected chi connectivity index (χ0v) is 28.5. The zero-order chi connectivity index (χ0) is 33.7. The van der Waals surface area contributed by atoms with Crippen LogP contribution in [-0.4, -0.2) is 0 Å². The predicted molar refractivity (Wildman–Crippen MR) is 218 cm³/mol. The number of thiophene rings is 1. The quantitative estimate of drug-likeness (QED) is 0.175. The third-order valence-corrected chi connectivity index (χ3v) is 11.0. The predicted octanol–water partition coefficient (Wildman–Crippen LogP) is 14.4. The maximum Gasteiger partial charge on any atom is 0.145 e. The van der Waals surface area contributed by atoms with Crippen molar-refractivity contribution >= 4 is 70.5 Å². The molecule has 51 heavy (non-hydrogen) atoms. The van der Waals surface area contributed by atoms with E-state index in [4.69, 9.17) is 4.42 Å². The molecule has 10 rings (SSSR count). The molecule has 0 spiro atoms. The van der Waals surface area contributed by atoms with Gasteiger partial charge in [0.05, 0.1) is 11.1 Å². The van der Waals surface area contributed by atoms with Crippen LogP contribution in [0.1, 0.15) is 0 Å². The highest BCUT2D eigenvalue weighted by molar-refractivity contribution is 7.25. The minimum Gasteiger partial charge on any atom is -0.455 e. The van der Waals surface area contributed by atoms with E-state index in [1.54, 1.807) is 0 Å². The zero-order valence-electron chi connectivity index (χ0n) is 27.7. The first kappa shape index (κ1) is 29.5. The van der Waals surface area contributed by atoms with Crippen LogP contribution in [0.5, 0.6) is 0 Å². The van der Waals surface area contributed by atoms with Crippen LogP contribution in [-0.2, 0) is 0 Å². The summed E-state index contributed by atoms with van der Waals surface area (Å²) in [4.78, 5) is 2.40. The van der Waals surface area contributed by atoms with E-state index >= 15 is 0 Å². The molecule has 0 N–H and O–H groups in total. The molecule has 0 atom stereocenters. The number of hydrogen-bond acceptors (Lipinski definition) is 3. The Balaban J connectivity index is 1.20. The van der Waals surface area contributed by atoms with E-state index in [0.29, 0.717) is 0 Å². The normalized spacial score (nSPS) is 11.5. The van der Waals surface area contributed by atoms with E-state index in [9.17, 15) is 0 Å². The lowest BCUT2D eigenvalue weighted by molar-refractivity contribution is 0.670. The Morgan fingerprint density at radius 3 is 1.75 bits per heavy atom. The minimum atomic E-state index is 0.880. The molecule has 0 fully saturated rings. The standard InChI is InChI=1S/C48H31NOS/c1-4-12-32(13-5-1)34-20-23-37(24-21-34)49(38-25-29-45-42(31-38)40-26-22-36(30-46(40)51-45)33-14-6-2-7-15-33)43-28-27-39(35-16-8-3-9-17-35)48-47(43)41-18-10-11-19-44(41)50-48/h1-31H. The lowest BCUT2D eigenvalue weighted by Crippen LogP contribution is -2.10. The molecular formula is C48H31NOS. The topological polar surface area (TPSA) is 16.4 Å². The molecule has 0 aliphatic heterocycles. The Labute approximate surface area is 300 Å². The third-order valence-electron chi connectivity index (χ3n) is 9.88. The van der Waals surface area contributed by atoms with Crippen molar-refractivity contribution in [2.45, 2.75) is 0 Å². The molecule has 0 radical (unpaired) electrons.